The van der Waals surface area contributed by atoms with Crippen molar-refractivity contribution < 1.29 is 28.1 Å². The average molecular weight is 471 g/mol. The molecule has 6 nitrogen and oxygen atoms in total. The predicted molar refractivity (Wildman–Crippen MR) is 128 cm³/mol. The van der Waals surface area contributed by atoms with E-state index in [4.69, 9.17) is 14.2 Å². The Morgan fingerprint density at radius 3 is 2.48 bits per heavy atom. The summed E-state index contributed by atoms with van der Waals surface area (Å²) in [6.45, 7) is 7.92. The first kappa shape index (κ1) is 24.8. The predicted octanol–water partition coefficient (Wildman–Crippen LogP) is 5.55. The molecule has 174 valence electrons. The number of aliphatic hydroxyl groups excluding tert-OH is 1. The summed E-state index contributed by atoms with van der Waals surface area (Å²) in [5.74, 6) is -1.03. The van der Waals surface area contributed by atoms with Crippen molar-refractivity contribution >= 4 is 30.7 Å². The summed E-state index contributed by atoms with van der Waals surface area (Å²) in [7, 11) is -1.13. The van der Waals surface area contributed by atoms with Gasteiger partial charge in [-0.05, 0) is 29.7 Å². The van der Waals surface area contributed by atoms with Crippen LogP contribution in [0.1, 0.15) is 37.4 Å². The highest BCUT2D eigenvalue weighted by molar-refractivity contribution is 7.39. The summed E-state index contributed by atoms with van der Waals surface area (Å²) in [4.78, 5) is 17.3. The van der Waals surface area contributed by atoms with Crippen molar-refractivity contribution in [2.24, 2.45) is 0 Å². The lowest BCUT2D eigenvalue weighted by Gasteiger charge is -2.21. The minimum Gasteiger partial charge on any atom is -0.426 e. The molecule has 0 amide bonds. The molecule has 1 aromatic heterocycles. The van der Waals surface area contributed by atoms with Crippen molar-refractivity contribution in [3.63, 3.8) is 0 Å². The van der Waals surface area contributed by atoms with Gasteiger partial charge in [0.05, 0.1) is 23.7 Å². The Hall–Kier alpha value is -2.86. The number of halogens is 1. The molecule has 3 rings (SSSR count). The smallest absolute Gasteiger partial charge is 0.313 e. The van der Waals surface area contributed by atoms with Crippen molar-refractivity contribution in [1.82, 2.24) is 4.98 Å². The number of nitrogens with zero attached hydrogens (tertiary/aromatic N) is 1. The standard InChI is InChI=1S/C25H27FNO5P/c1-15(2)25-23(16(3)32-22(29)13-19(28)14-33(30)31-4)24(17-9-11-18(26)12-10-17)20-7-5-6-8-21(20)27-25/h5-12,15,19,28,33H,3,13-14H2,1-2,4H3. The van der Waals surface area contributed by atoms with E-state index in [1.165, 1.54) is 19.2 Å². The zero-order valence-electron chi connectivity index (χ0n) is 18.8. The Balaban J connectivity index is 2.06. The third kappa shape index (κ3) is 5.93. The van der Waals surface area contributed by atoms with Crippen LogP contribution < -0.4 is 0 Å². The molecule has 2 atom stereocenters. The molecular formula is C25H27FNO5P. The fraction of sp³-hybridized carbons (Fsp3) is 0.280. The van der Waals surface area contributed by atoms with Gasteiger partial charge in [-0.2, -0.15) is 0 Å². The zero-order valence-corrected chi connectivity index (χ0v) is 19.8. The summed E-state index contributed by atoms with van der Waals surface area (Å²) in [5, 5.41) is 10.8. The first-order valence-electron chi connectivity index (χ1n) is 10.5. The first-order chi connectivity index (χ1) is 15.7. The van der Waals surface area contributed by atoms with E-state index in [0.29, 0.717) is 11.3 Å². The summed E-state index contributed by atoms with van der Waals surface area (Å²) in [5.41, 5.74) is 3.43. The van der Waals surface area contributed by atoms with E-state index >= 15 is 0 Å². The molecule has 0 bridgehead atoms. The minimum absolute atomic E-state index is 0.0304. The molecule has 8 heteroatoms. The van der Waals surface area contributed by atoms with Crippen LogP contribution in [-0.4, -0.2) is 35.4 Å². The van der Waals surface area contributed by atoms with Gasteiger partial charge in [-0.25, -0.2) is 4.39 Å². The molecule has 33 heavy (non-hydrogen) atoms. The largest absolute Gasteiger partial charge is 0.426 e. The molecule has 0 aliphatic rings. The number of rotatable bonds is 9. The number of para-hydroxylation sites is 1. The van der Waals surface area contributed by atoms with Gasteiger partial charge < -0.3 is 14.4 Å². The van der Waals surface area contributed by atoms with E-state index in [1.54, 1.807) is 12.1 Å². The van der Waals surface area contributed by atoms with E-state index in [1.807, 2.05) is 38.1 Å². The van der Waals surface area contributed by atoms with Crippen LogP contribution in [0.5, 0.6) is 0 Å². The highest BCUT2D eigenvalue weighted by Gasteiger charge is 2.24. The molecule has 0 spiro atoms. The Morgan fingerprint density at radius 1 is 1.18 bits per heavy atom. The van der Waals surface area contributed by atoms with Gasteiger partial charge in [-0.3, -0.25) is 14.3 Å². The molecule has 0 saturated carbocycles. The first-order valence-corrected chi connectivity index (χ1v) is 12.1. The number of carbonyl (C=O) groups is 1. The van der Waals surface area contributed by atoms with Gasteiger partial charge >= 0.3 is 5.97 Å². The molecule has 0 aliphatic carbocycles. The minimum atomic E-state index is -2.41. The fourth-order valence-corrected chi connectivity index (χ4v) is 4.31. The number of hydrogen-bond acceptors (Lipinski definition) is 6. The number of pyridine rings is 1. The lowest BCUT2D eigenvalue weighted by Crippen LogP contribution is -2.18. The molecule has 0 aliphatic heterocycles. The van der Waals surface area contributed by atoms with Crippen LogP contribution in [0.15, 0.2) is 55.1 Å². The van der Waals surface area contributed by atoms with Crippen LogP contribution in [0.4, 0.5) is 4.39 Å². The van der Waals surface area contributed by atoms with Crippen LogP contribution in [-0.2, 0) is 18.6 Å². The summed E-state index contributed by atoms with van der Waals surface area (Å²) in [6, 6.07) is 13.6. The molecule has 2 unspecified atom stereocenters. The number of ether oxygens (including phenoxy) is 1. The van der Waals surface area contributed by atoms with Crippen LogP contribution in [0.3, 0.4) is 0 Å². The topological polar surface area (TPSA) is 85.7 Å². The van der Waals surface area contributed by atoms with E-state index in [-0.39, 0.29) is 30.1 Å². The Morgan fingerprint density at radius 2 is 1.85 bits per heavy atom. The quantitative estimate of drug-likeness (QED) is 0.250. The fourth-order valence-electron chi connectivity index (χ4n) is 3.62. The highest BCUT2D eigenvalue weighted by Crippen LogP contribution is 2.39. The SMILES string of the molecule is C=C(OC(=O)CC(O)C[PH](=O)OC)c1c(C(C)C)nc2ccccc2c1-c1ccc(F)cc1. The monoisotopic (exact) mass is 471 g/mol. The second kappa shape index (κ2) is 10.8. The van der Waals surface area contributed by atoms with Crippen LogP contribution in [0.25, 0.3) is 27.8 Å². The second-order valence-corrected chi connectivity index (χ2v) is 9.52. The van der Waals surface area contributed by atoms with Crippen molar-refractivity contribution in [2.75, 3.05) is 13.3 Å². The Bertz CT molecular complexity index is 1190. The molecular weight excluding hydrogens is 444 g/mol. The van der Waals surface area contributed by atoms with Gasteiger partial charge in [0.1, 0.15) is 11.6 Å². The number of carbonyl (C=O) groups excluding carboxylic acids is 1. The van der Waals surface area contributed by atoms with Gasteiger partial charge in [-0.15, -0.1) is 0 Å². The maximum absolute atomic E-state index is 13.6. The normalized spacial score (nSPS) is 13.2. The van der Waals surface area contributed by atoms with E-state index in [0.717, 1.165) is 22.0 Å². The molecule has 0 radical (unpaired) electrons. The van der Waals surface area contributed by atoms with Crippen molar-refractivity contribution in [2.45, 2.75) is 32.3 Å². The highest BCUT2D eigenvalue weighted by atomic mass is 31.1. The van der Waals surface area contributed by atoms with Gasteiger partial charge in [0.2, 0.25) is 0 Å². The third-order valence-corrected chi connectivity index (χ3v) is 6.41. The van der Waals surface area contributed by atoms with Crippen LogP contribution >= 0.6 is 8.03 Å². The number of aromatic nitrogens is 1. The summed E-state index contributed by atoms with van der Waals surface area (Å²) < 4.78 is 35.4. The van der Waals surface area contributed by atoms with Crippen molar-refractivity contribution in [1.29, 1.82) is 0 Å². The maximum atomic E-state index is 13.6. The summed E-state index contributed by atoms with van der Waals surface area (Å²) >= 11 is 0. The van der Waals surface area contributed by atoms with Crippen molar-refractivity contribution in [3.8, 4) is 11.1 Å². The lowest BCUT2D eigenvalue weighted by molar-refractivity contribution is -0.138. The molecule has 0 fully saturated rings. The number of esters is 1. The van der Waals surface area contributed by atoms with E-state index in [2.05, 4.69) is 6.58 Å². The Labute approximate surface area is 192 Å². The van der Waals surface area contributed by atoms with E-state index in [9.17, 15) is 18.9 Å². The zero-order chi connectivity index (χ0) is 24.1. The number of benzene rings is 2. The van der Waals surface area contributed by atoms with E-state index < -0.39 is 20.1 Å². The number of aliphatic hydroxyl groups is 1. The van der Waals surface area contributed by atoms with Crippen LogP contribution in [0.2, 0.25) is 0 Å². The molecule has 1 heterocycles. The van der Waals surface area contributed by atoms with Crippen LogP contribution in [0, 0.1) is 5.82 Å². The lowest BCUT2D eigenvalue weighted by atomic mass is 9.90. The summed E-state index contributed by atoms with van der Waals surface area (Å²) in [6.07, 6.45) is -1.66. The molecule has 0 saturated heterocycles. The molecule has 1 N–H and O–H groups in total. The number of fused-ring (bicyclic) bond motifs is 1. The average Bonchev–Trinajstić information content (AvgIpc) is 2.77. The molecule has 3 aromatic rings. The van der Waals surface area contributed by atoms with Gasteiger partial charge in [-0.1, -0.05) is 50.8 Å². The molecule has 2 aromatic carbocycles. The Kier molecular flexibility index (Phi) is 8.14. The third-order valence-electron chi connectivity index (χ3n) is 5.15. The maximum Gasteiger partial charge on any atom is 0.313 e. The number of hydrogen-bond donors (Lipinski definition) is 1. The second-order valence-electron chi connectivity index (χ2n) is 7.96. The van der Waals surface area contributed by atoms with Gasteiger partial charge in [0.25, 0.3) is 0 Å². The van der Waals surface area contributed by atoms with Crippen molar-refractivity contribution in [3.05, 3.63) is 72.2 Å². The van der Waals surface area contributed by atoms with Gasteiger partial charge in [0, 0.05) is 29.8 Å². The van der Waals surface area contributed by atoms with Gasteiger partial charge in [0.15, 0.2) is 8.03 Å².